The first kappa shape index (κ1) is 22.0. The summed E-state index contributed by atoms with van der Waals surface area (Å²) in [7, 11) is 1.69. The fourth-order valence-corrected chi connectivity index (χ4v) is 2.97. The smallest absolute Gasteiger partial charge is 0.191 e. The third-order valence-electron chi connectivity index (χ3n) is 4.52. The maximum Gasteiger partial charge on any atom is 0.191 e. The van der Waals surface area contributed by atoms with E-state index < -0.39 is 0 Å². The van der Waals surface area contributed by atoms with Gasteiger partial charge in [0.05, 0.1) is 13.7 Å². The van der Waals surface area contributed by atoms with Gasteiger partial charge in [-0.25, -0.2) is 4.99 Å². The maximum atomic E-state index is 5.19. The molecule has 6 heteroatoms. The molecule has 5 nitrogen and oxygen atoms in total. The second kappa shape index (κ2) is 11.6. The Hall–Kier alpha value is -1.02. The number of hydrogen-bond donors (Lipinski definition) is 2. The molecular weight excluding hydrogens is 427 g/mol. The van der Waals surface area contributed by atoms with Crippen LogP contribution in [0.1, 0.15) is 39.2 Å². The van der Waals surface area contributed by atoms with Crippen LogP contribution in [0.5, 0.6) is 5.75 Å². The minimum atomic E-state index is 0. The van der Waals surface area contributed by atoms with Crippen molar-refractivity contribution in [1.82, 2.24) is 15.5 Å². The van der Waals surface area contributed by atoms with Crippen LogP contribution in [0.25, 0.3) is 0 Å². The van der Waals surface area contributed by atoms with Crippen molar-refractivity contribution in [3.05, 3.63) is 29.8 Å². The Morgan fingerprint density at radius 3 is 2.40 bits per heavy atom. The van der Waals surface area contributed by atoms with Gasteiger partial charge in [-0.15, -0.1) is 24.0 Å². The first-order valence-electron chi connectivity index (χ1n) is 9.04. The normalized spacial score (nSPS) is 16.4. The number of aliphatic imine (C=N–C) groups is 1. The first-order chi connectivity index (χ1) is 11.6. The number of ether oxygens (including phenoxy) is 1. The standard InChI is InChI=1S/C19H32N4O.HI/c1-5-20-19(21-14-16-6-8-18(24-4)9-7-16)22-17-10-12-23(13-11-17)15(2)3;/h6-9,15,17H,5,10-14H2,1-4H3,(H2,20,21,22);1H. The molecule has 0 saturated carbocycles. The van der Waals surface area contributed by atoms with Gasteiger partial charge in [-0.1, -0.05) is 12.1 Å². The van der Waals surface area contributed by atoms with Crippen LogP contribution >= 0.6 is 24.0 Å². The molecule has 0 aliphatic carbocycles. The molecule has 0 aromatic heterocycles. The predicted molar refractivity (Wildman–Crippen MR) is 116 cm³/mol. The van der Waals surface area contributed by atoms with Crippen LogP contribution in [0.2, 0.25) is 0 Å². The van der Waals surface area contributed by atoms with Crippen LogP contribution in [-0.4, -0.2) is 49.7 Å². The van der Waals surface area contributed by atoms with Gasteiger partial charge in [0.25, 0.3) is 0 Å². The van der Waals surface area contributed by atoms with Crippen LogP contribution in [0.4, 0.5) is 0 Å². The number of guanidine groups is 1. The summed E-state index contributed by atoms with van der Waals surface area (Å²) in [6.45, 7) is 10.5. The van der Waals surface area contributed by atoms with Crippen molar-refractivity contribution in [2.45, 2.75) is 52.2 Å². The Bertz CT molecular complexity index is 511. The zero-order valence-corrected chi connectivity index (χ0v) is 18.2. The number of likely N-dealkylation sites (tertiary alicyclic amines) is 1. The van der Waals surface area contributed by atoms with Crippen LogP contribution in [0, 0.1) is 0 Å². The number of halogens is 1. The average molecular weight is 460 g/mol. The molecule has 2 rings (SSSR count). The number of methoxy groups -OCH3 is 1. The van der Waals surface area contributed by atoms with Crippen molar-refractivity contribution >= 4 is 29.9 Å². The molecule has 1 aliphatic rings. The second-order valence-corrected chi connectivity index (χ2v) is 6.59. The van der Waals surface area contributed by atoms with E-state index in [1.54, 1.807) is 7.11 Å². The third-order valence-corrected chi connectivity index (χ3v) is 4.52. The molecule has 0 radical (unpaired) electrons. The maximum absolute atomic E-state index is 5.19. The molecule has 0 atom stereocenters. The summed E-state index contributed by atoms with van der Waals surface area (Å²) < 4.78 is 5.19. The van der Waals surface area contributed by atoms with Crippen molar-refractivity contribution in [2.24, 2.45) is 4.99 Å². The zero-order chi connectivity index (χ0) is 17.4. The van der Waals surface area contributed by atoms with Gasteiger partial charge in [0.1, 0.15) is 5.75 Å². The summed E-state index contributed by atoms with van der Waals surface area (Å²) in [5, 5.41) is 6.95. The van der Waals surface area contributed by atoms with Gasteiger partial charge in [-0.3, -0.25) is 0 Å². The van der Waals surface area contributed by atoms with Crippen molar-refractivity contribution in [3.63, 3.8) is 0 Å². The highest BCUT2D eigenvalue weighted by Crippen LogP contribution is 2.14. The molecule has 0 bridgehead atoms. The fourth-order valence-electron chi connectivity index (χ4n) is 2.97. The number of nitrogens with zero attached hydrogens (tertiary/aromatic N) is 2. The van der Waals surface area contributed by atoms with Gasteiger partial charge in [0, 0.05) is 31.7 Å². The minimum absolute atomic E-state index is 0. The number of piperidine rings is 1. The van der Waals surface area contributed by atoms with Crippen LogP contribution in [0.15, 0.2) is 29.3 Å². The van der Waals surface area contributed by atoms with Gasteiger partial charge < -0.3 is 20.3 Å². The molecular formula is C19H33IN4O. The van der Waals surface area contributed by atoms with E-state index in [2.05, 4.69) is 48.4 Å². The molecule has 2 N–H and O–H groups in total. The quantitative estimate of drug-likeness (QED) is 0.389. The Kier molecular flexibility index (Phi) is 10.2. The Morgan fingerprint density at radius 2 is 1.88 bits per heavy atom. The van der Waals surface area contributed by atoms with Gasteiger partial charge in [-0.2, -0.15) is 0 Å². The highest BCUT2D eigenvalue weighted by molar-refractivity contribution is 14.0. The SMILES string of the molecule is CCNC(=NCc1ccc(OC)cc1)NC1CCN(C(C)C)CC1.I. The Morgan fingerprint density at radius 1 is 1.24 bits per heavy atom. The lowest BCUT2D eigenvalue weighted by molar-refractivity contribution is 0.167. The minimum Gasteiger partial charge on any atom is -0.497 e. The zero-order valence-electron chi connectivity index (χ0n) is 15.9. The third kappa shape index (κ3) is 7.40. The molecule has 1 saturated heterocycles. The highest BCUT2D eigenvalue weighted by Gasteiger charge is 2.21. The second-order valence-electron chi connectivity index (χ2n) is 6.59. The van der Waals surface area contributed by atoms with Crippen molar-refractivity contribution in [3.8, 4) is 5.75 Å². The van der Waals surface area contributed by atoms with Gasteiger partial charge >= 0.3 is 0 Å². The Balaban J connectivity index is 0.00000312. The van der Waals surface area contributed by atoms with E-state index in [4.69, 9.17) is 9.73 Å². The summed E-state index contributed by atoms with van der Waals surface area (Å²) in [6.07, 6.45) is 2.34. The molecule has 25 heavy (non-hydrogen) atoms. The first-order valence-corrected chi connectivity index (χ1v) is 9.04. The van der Waals surface area contributed by atoms with Crippen molar-refractivity contribution in [1.29, 1.82) is 0 Å². The van der Waals surface area contributed by atoms with E-state index >= 15 is 0 Å². The molecule has 142 valence electrons. The molecule has 1 aromatic rings. The van der Waals surface area contributed by atoms with Crippen molar-refractivity contribution in [2.75, 3.05) is 26.7 Å². The van der Waals surface area contributed by atoms with E-state index in [9.17, 15) is 0 Å². The molecule has 1 aromatic carbocycles. The van der Waals surface area contributed by atoms with Crippen molar-refractivity contribution < 1.29 is 4.74 Å². The summed E-state index contributed by atoms with van der Waals surface area (Å²) in [4.78, 5) is 7.27. The monoisotopic (exact) mass is 460 g/mol. The van der Waals surface area contributed by atoms with Crippen LogP contribution < -0.4 is 15.4 Å². The van der Waals surface area contributed by atoms with E-state index in [0.717, 1.165) is 31.3 Å². The molecule has 1 aliphatic heterocycles. The summed E-state index contributed by atoms with van der Waals surface area (Å²) in [5.41, 5.74) is 1.18. The summed E-state index contributed by atoms with van der Waals surface area (Å²) in [5.74, 6) is 1.79. The number of rotatable bonds is 6. The van der Waals surface area contributed by atoms with E-state index in [1.807, 2.05) is 12.1 Å². The number of benzene rings is 1. The van der Waals surface area contributed by atoms with E-state index in [0.29, 0.717) is 18.6 Å². The lowest BCUT2D eigenvalue weighted by Crippen LogP contribution is -2.49. The average Bonchev–Trinajstić information content (AvgIpc) is 2.61. The predicted octanol–water partition coefficient (Wildman–Crippen LogP) is 3.24. The van der Waals surface area contributed by atoms with Crippen LogP contribution in [-0.2, 0) is 6.54 Å². The Labute approximate surface area is 169 Å². The summed E-state index contributed by atoms with van der Waals surface area (Å²) in [6, 6.07) is 9.23. The molecule has 0 spiro atoms. The largest absolute Gasteiger partial charge is 0.497 e. The molecule has 0 unspecified atom stereocenters. The van der Waals surface area contributed by atoms with E-state index in [-0.39, 0.29) is 24.0 Å². The molecule has 0 amide bonds. The van der Waals surface area contributed by atoms with Gasteiger partial charge in [0.15, 0.2) is 5.96 Å². The molecule has 1 heterocycles. The number of hydrogen-bond acceptors (Lipinski definition) is 3. The molecule has 1 fully saturated rings. The number of nitrogens with one attached hydrogen (secondary N) is 2. The highest BCUT2D eigenvalue weighted by atomic mass is 127. The summed E-state index contributed by atoms with van der Waals surface area (Å²) >= 11 is 0. The van der Waals surface area contributed by atoms with Crippen LogP contribution in [0.3, 0.4) is 0 Å². The fraction of sp³-hybridized carbons (Fsp3) is 0.632. The van der Waals surface area contributed by atoms with Gasteiger partial charge in [-0.05, 0) is 51.3 Å². The topological polar surface area (TPSA) is 48.9 Å². The lowest BCUT2D eigenvalue weighted by Gasteiger charge is -2.35. The lowest BCUT2D eigenvalue weighted by atomic mass is 10.0. The van der Waals surface area contributed by atoms with Gasteiger partial charge in [0.2, 0.25) is 0 Å². The van der Waals surface area contributed by atoms with E-state index in [1.165, 1.54) is 18.4 Å².